The van der Waals surface area contributed by atoms with Crippen molar-refractivity contribution < 1.29 is 13.6 Å². The van der Waals surface area contributed by atoms with Crippen molar-refractivity contribution in [2.75, 3.05) is 19.6 Å². The van der Waals surface area contributed by atoms with Crippen molar-refractivity contribution in [3.05, 3.63) is 65.7 Å². The Hall–Kier alpha value is -1.92. The molecule has 138 valence electrons. The molecular formula is C20H22F2N2OS. The Morgan fingerprint density at radius 1 is 1.23 bits per heavy atom. The zero-order valence-corrected chi connectivity index (χ0v) is 15.4. The van der Waals surface area contributed by atoms with Crippen molar-refractivity contribution in [1.82, 2.24) is 4.90 Å². The van der Waals surface area contributed by atoms with E-state index in [4.69, 9.17) is 5.73 Å². The molecule has 0 aromatic heterocycles. The van der Waals surface area contributed by atoms with Crippen LogP contribution >= 0.6 is 11.8 Å². The average Bonchev–Trinajstić information content (AvgIpc) is 3.06. The summed E-state index contributed by atoms with van der Waals surface area (Å²) < 4.78 is 26.8. The number of benzene rings is 2. The molecule has 1 aliphatic heterocycles. The Morgan fingerprint density at radius 2 is 1.96 bits per heavy atom. The number of halogens is 2. The van der Waals surface area contributed by atoms with Crippen LogP contribution in [-0.4, -0.2) is 30.4 Å². The Labute approximate surface area is 156 Å². The molecule has 2 aromatic carbocycles. The molecule has 0 radical (unpaired) electrons. The largest absolute Gasteiger partial charge is 0.341 e. The number of hydrogen-bond donors (Lipinski definition) is 1. The van der Waals surface area contributed by atoms with Crippen LogP contribution in [0.4, 0.5) is 8.78 Å². The SMILES string of the molecule is CC1(CN)CCN(C(=O)C(Sc2ccc(F)c(F)c2)c2ccccc2)C1. The number of carbonyl (C=O) groups excluding carboxylic acids is 1. The molecule has 1 heterocycles. The van der Waals surface area contributed by atoms with E-state index in [1.807, 2.05) is 35.2 Å². The number of amides is 1. The van der Waals surface area contributed by atoms with Gasteiger partial charge in [0.1, 0.15) is 5.25 Å². The quantitative estimate of drug-likeness (QED) is 0.803. The van der Waals surface area contributed by atoms with E-state index in [1.165, 1.54) is 17.8 Å². The van der Waals surface area contributed by atoms with E-state index in [9.17, 15) is 13.6 Å². The molecule has 1 aliphatic rings. The minimum atomic E-state index is -0.911. The Morgan fingerprint density at radius 3 is 2.58 bits per heavy atom. The second-order valence-electron chi connectivity index (χ2n) is 7.01. The third-order valence-corrected chi connectivity index (χ3v) is 6.07. The summed E-state index contributed by atoms with van der Waals surface area (Å²) in [6.45, 7) is 3.89. The van der Waals surface area contributed by atoms with Crippen LogP contribution < -0.4 is 5.73 Å². The monoisotopic (exact) mass is 376 g/mol. The molecule has 0 spiro atoms. The second kappa shape index (κ2) is 7.76. The first kappa shape index (κ1) is 18.9. The van der Waals surface area contributed by atoms with Gasteiger partial charge in [0.05, 0.1) is 0 Å². The van der Waals surface area contributed by atoms with Crippen LogP contribution in [0.2, 0.25) is 0 Å². The summed E-state index contributed by atoms with van der Waals surface area (Å²) in [7, 11) is 0. The molecule has 2 aromatic rings. The molecule has 1 saturated heterocycles. The van der Waals surface area contributed by atoms with Gasteiger partial charge >= 0.3 is 0 Å². The van der Waals surface area contributed by atoms with Crippen molar-refractivity contribution in [2.24, 2.45) is 11.1 Å². The molecule has 0 aliphatic carbocycles. The lowest BCUT2D eigenvalue weighted by Gasteiger charge is -2.26. The van der Waals surface area contributed by atoms with Gasteiger partial charge in [-0.1, -0.05) is 37.3 Å². The van der Waals surface area contributed by atoms with Gasteiger partial charge in [0, 0.05) is 18.0 Å². The number of thioether (sulfide) groups is 1. The van der Waals surface area contributed by atoms with Crippen LogP contribution in [0.25, 0.3) is 0 Å². The maximum Gasteiger partial charge on any atom is 0.240 e. The van der Waals surface area contributed by atoms with Gasteiger partial charge in [-0.3, -0.25) is 4.79 Å². The van der Waals surface area contributed by atoms with Crippen LogP contribution in [0.1, 0.15) is 24.2 Å². The fourth-order valence-electron chi connectivity index (χ4n) is 3.12. The standard InChI is InChI=1S/C20H22F2N2OS/c1-20(12-23)9-10-24(13-20)19(25)18(14-5-3-2-4-6-14)26-15-7-8-16(21)17(22)11-15/h2-8,11,18H,9-10,12-13,23H2,1H3. The topological polar surface area (TPSA) is 46.3 Å². The van der Waals surface area contributed by atoms with E-state index in [1.54, 1.807) is 0 Å². The van der Waals surface area contributed by atoms with Crippen LogP contribution in [-0.2, 0) is 4.79 Å². The summed E-state index contributed by atoms with van der Waals surface area (Å²) in [5.41, 5.74) is 6.63. The summed E-state index contributed by atoms with van der Waals surface area (Å²) in [6.07, 6.45) is 0.868. The maximum atomic E-state index is 13.6. The van der Waals surface area contributed by atoms with Gasteiger partial charge in [0.2, 0.25) is 5.91 Å². The molecule has 2 N–H and O–H groups in total. The minimum Gasteiger partial charge on any atom is -0.341 e. The molecule has 3 rings (SSSR count). The summed E-state index contributed by atoms with van der Waals surface area (Å²) in [5, 5.41) is -0.513. The number of likely N-dealkylation sites (tertiary alicyclic amines) is 1. The first-order chi connectivity index (χ1) is 12.4. The molecule has 2 unspecified atom stereocenters. The predicted molar refractivity (Wildman–Crippen MR) is 99.8 cm³/mol. The second-order valence-corrected chi connectivity index (χ2v) is 8.19. The van der Waals surface area contributed by atoms with E-state index in [-0.39, 0.29) is 11.3 Å². The number of nitrogens with zero attached hydrogens (tertiary/aromatic N) is 1. The minimum absolute atomic E-state index is 0.0249. The van der Waals surface area contributed by atoms with Crippen LogP contribution in [0, 0.1) is 17.0 Å². The highest BCUT2D eigenvalue weighted by atomic mass is 32.2. The van der Waals surface area contributed by atoms with Gasteiger partial charge in [-0.25, -0.2) is 8.78 Å². The first-order valence-corrected chi connectivity index (χ1v) is 9.45. The molecule has 26 heavy (non-hydrogen) atoms. The van der Waals surface area contributed by atoms with Crippen LogP contribution in [0.3, 0.4) is 0 Å². The lowest BCUT2D eigenvalue weighted by molar-refractivity contribution is -0.130. The lowest BCUT2D eigenvalue weighted by Crippen LogP contribution is -2.36. The summed E-state index contributed by atoms with van der Waals surface area (Å²) in [6, 6.07) is 13.1. The van der Waals surface area contributed by atoms with Crippen molar-refractivity contribution in [3.8, 4) is 0 Å². The number of nitrogens with two attached hydrogens (primary N) is 1. The zero-order chi connectivity index (χ0) is 18.7. The van der Waals surface area contributed by atoms with Gasteiger partial charge in [0.15, 0.2) is 11.6 Å². The van der Waals surface area contributed by atoms with E-state index >= 15 is 0 Å². The van der Waals surface area contributed by atoms with E-state index in [2.05, 4.69) is 6.92 Å². The Balaban J connectivity index is 1.86. The maximum absolute atomic E-state index is 13.6. The van der Waals surface area contributed by atoms with E-state index < -0.39 is 16.9 Å². The molecule has 3 nitrogen and oxygen atoms in total. The predicted octanol–water partition coefficient (Wildman–Crippen LogP) is 4.00. The number of rotatable bonds is 5. The van der Waals surface area contributed by atoms with Crippen LogP contribution in [0.5, 0.6) is 0 Å². The smallest absolute Gasteiger partial charge is 0.240 e. The fraction of sp³-hybridized carbons (Fsp3) is 0.350. The summed E-state index contributed by atoms with van der Waals surface area (Å²) in [5.74, 6) is -1.83. The highest BCUT2D eigenvalue weighted by Gasteiger charge is 2.38. The highest BCUT2D eigenvalue weighted by molar-refractivity contribution is 8.00. The number of hydrogen-bond acceptors (Lipinski definition) is 3. The zero-order valence-electron chi connectivity index (χ0n) is 14.6. The van der Waals surface area contributed by atoms with Gasteiger partial charge in [-0.05, 0) is 42.1 Å². The third kappa shape index (κ3) is 4.07. The van der Waals surface area contributed by atoms with E-state index in [0.29, 0.717) is 24.5 Å². The Kier molecular flexibility index (Phi) is 5.63. The van der Waals surface area contributed by atoms with Crippen molar-refractivity contribution in [2.45, 2.75) is 23.5 Å². The molecule has 1 fully saturated rings. The Bertz CT molecular complexity index is 787. The molecule has 2 atom stereocenters. The molecule has 0 saturated carbocycles. The molecule has 0 bridgehead atoms. The van der Waals surface area contributed by atoms with Gasteiger partial charge in [-0.2, -0.15) is 0 Å². The van der Waals surface area contributed by atoms with Crippen molar-refractivity contribution >= 4 is 17.7 Å². The third-order valence-electron chi connectivity index (χ3n) is 4.83. The average molecular weight is 376 g/mol. The molecule has 1 amide bonds. The molecule has 6 heteroatoms. The fourth-order valence-corrected chi connectivity index (χ4v) is 4.25. The highest BCUT2D eigenvalue weighted by Crippen LogP contribution is 2.39. The molecular weight excluding hydrogens is 354 g/mol. The normalized spacial score (nSPS) is 21.0. The van der Waals surface area contributed by atoms with Crippen molar-refractivity contribution in [1.29, 1.82) is 0 Å². The van der Waals surface area contributed by atoms with Gasteiger partial charge in [0.25, 0.3) is 0 Å². The van der Waals surface area contributed by atoms with Gasteiger partial charge in [-0.15, -0.1) is 11.8 Å². The van der Waals surface area contributed by atoms with Gasteiger partial charge < -0.3 is 10.6 Å². The summed E-state index contributed by atoms with van der Waals surface area (Å²) >= 11 is 1.24. The van der Waals surface area contributed by atoms with Crippen molar-refractivity contribution in [3.63, 3.8) is 0 Å². The van der Waals surface area contributed by atoms with Crippen LogP contribution in [0.15, 0.2) is 53.4 Å². The first-order valence-electron chi connectivity index (χ1n) is 8.57. The summed E-state index contributed by atoms with van der Waals surface area (Å²) in [4.78, 5) is 15.6. The lowest BCUT2D eigenvalue weighted by atomic mass is 9.90. The van der Waals surface area contributed by atoms with E-state index in [0.717, 1.165) is 24.1 Å². The number of carbonyl (C=O) groups is 1.